The Bertz CT molecular complexity index is 68.1. The van der Waals surface area contributed by atoms with Gasteiger partial charge in [-0.1, -0.05) is 31.8 Å². The summed E-state index contributed by atoms with van der Waals surface area (Å²) in [6.07, 6.45) is 9.12. The molecular formula is C8H14. The van der Waals surface area contributed by atoms with Crippen LogP contribution in [0, 0.1) is 5.92 Å². The Kier molecular flexibility index (Phi) is 2.13. The van der Waals surface area contributed by atoms with Gasteiger partial charge in [0, 0.05) is 0 Å². The van der Waals surface area contributed by atoms with E-state index in [4.69, 9.17) is 0 Å². The van der Waals surface area contributed by atoms with Crippen molar-refractivity contribution >= 4 is 0 Å². The van der Waals surface area contributed by atoms with Gasteiger partial charge in [0.2, 0.25) is 0 Å². The fourth-order valence-electron chi connectivity index (χ4n) is 1.48. The maximum absolute atomic E-state index is 3.72. The molecule has 1 aliphatic carbocycles. The van der Waals surface area contributed by atoms with E-state index in [-0.39, 0.29) is 0 Å². The molecule has 8 heavy (non-hydrogen) atoms. The van der Waals surface area contributed by atoms with Gasteiger partial charge in [0.1, 0.15) is 0 Å². The molecule has 46 valence electrons. The fraction of sp³-hybridized carbons (Fsp3) is 0.750. The lowest BCUT2D eigenvalue weighted by Crippen LogP contribution is -1.87. The van der Waals surface area contributed by atoms with Crippen LogP contribution in [0.3, 0.4) is 0 Å². The Balaban J connectivity index is 2.14. The Morgan fingerprint density at radius 3 is 2.50 bits per heavy atom. The number of allylic oxidation sites excluding steroid dienone is 1. The Labute approximate surface area is 51.6 Å². The monoisotopic (exact) mass is 110 g/mol. The van der Waals surface area contributed by atoms with Crippen LogP contribution < -0.4 is 0 Å². The third-order valence-electron chi connectivity index (χ3n) is 1.97. The van der Waals surface area contributed by atoms with E-state index in [1.54, 1.807) is 0 Å². The maximum atomic E-state index is 3.72. The van der Waals surface area contributed by atoms with Crippen LogP contribution in [0.5, 0.6) is 0 Å². The van der Waals surface area contributed by atoms with Crippen molar-refractivity contribution in [1.29, 1.82) is 0 Å². The highest BCUT2D eigenvalue weighted by Crippen LogP contribution is 2.27. The molecule has 0 aromatic carbocycles. The molecule has 0 bridgehead atoms. The smallest absolute Gasteiger partial charge is 0.0325 e. The molecule has 0 radical (unpaired) electrons. The molecule has 0 aromatic heterocycles. The highest BCUT2D eigenvalue weighted by atomic mass is 14.2. The normalized spacial score (nSPS) is 21.5. The predicted molar refractivity (Wildman–Crippen MR) is 36.8 cm³/mol. The second-order valence-corrected chi connectivity index (χ2v) is 2.67. The van der Waals surface area contributed by atoms with E-state index in [1.807, 2.05) is 0 Å². The van der Waals surface area contributed by atoms with Gasteiger partial charge < -0.3 is 0 Å². The summed E-state index contributed by atoms with van der Waals surface area (Å²) in [6, 6.07) is 0. The predicted octanol–water partition coefficient (Wildman–Crippen LogP) is 2.75. The van der Waals surface area contributed by atoms with Crippen LogP contribution >= 0.6 is 0 Å². The van der Waals surface area contributed by atoms with Gasteiger partial charge in [-0.05, 0) is 12.3 Å². The molecule has 0 saturated heterocycles. The van der Waals surface area contributed by atoms with Crippen molar-refractivity contribution in [3.8, 4) is 0 Å². The molecule has 0 N–H and O–H groups in total. The average molecular weight is 110 g/mol. The van der Waals surface area contributed by atoms with Crippen molar-refractivity contribution in [3.05, 3.63) is 12.7 Å². The quantitative estimate of drug-likeness (QED) is 0.479. The van der Waals surface area contributed by atoms with Crippen LogP contribution in [0.1, 0.15) is 32.1 Å². The van der Waals surface area contributed by atoms with Crippen molar-refractivity contribution in [2.75, 3.05) is 0 Å². The first-order chi connectivity index (χ1) is 3.93. The summed E-state index contributed by atoms with van der Waals surface area (Å²) in [6.45, 7) is 3.72. The molecule has 0 unspecified atom stereocenters. The Hall–Kier alpha value is -0.260. The fourth-order valence-corrected chi connectivity index (χ4v) is 1.48. The van der Waals surface area contributed by atoms with Crippen molar-refractivity contribution in [3.63, 3.8) is 0 Å². The zero-order chi connectivity index (χ0) is 5.82. The lowest BCUT2D eigenvalue weighted by Gasteiger charge is -2.00. The largest absolute Gasteiger partial charge is 0.103 e. The molecule has 0 aliphatic heterocycles. The first-order valence-electron chi connectivity index (χ1n) is 3.54. The van der Waals surface area contributed by atoms with E-state index in [0.29, 0.717) is 0 Å². The lowest BCUT2D eigenvalue weighted by molar-refractivity contribution is 0.558. The SMILES string of the molecule is C=CCC1CCCC1. The molecule has 1 rings (SSSR count). The average Bonchev–Trinajstić information content (AvgIpc) is 2.19. The molecule has 0 aromatic rings. The molecule has 0 heterocycles. The Morgan fingerprint density at radius 1 is 1.38 bits per heavy atom. The second kappa shape index (κ2) is 2.91. The van der Waals surface area contributed by atoms with Crippen LogP contribution in [-0.2, 0) is 0 Å². The molecule has 0 heteroatoms. The first kappa shape index (κ1) is 5.87. The van der Waals surface area contributed by atoms with Crippen LogP contribution in [0.15, 0.2) is 12.7 Å². The summed E-state index contributed by atoms with van der Waals surface area (Å²) in [5, 5.41) is 0. The summed E-state index contributed by atoms with van der Waals surface area (Å²) in [4.78, 5) is 0. The maximum Gasteiger partial charge on any atom is -0.0325 e. The van der Waals surface area contributed by atoms with Gasteiger partial charge in [-0.2, -0.15) is 0 Å². The van der Waals surface area contributed by atoms with Crippen LogP contribution in [0.2, 0.25) is 0 Å². The zero-order valence-corrected chi connectivity index (χ0v) is 5.40. The minimum Gasteiger partial charge on any atom is -0.103 e. The van der Waals surface area contributed by atoms with Crippen LogP contribution in [-0.4, -0.2) is 0 Å². The molecule has 1 saturated carbocycles. The van der Waals surface area contributed by atoms with Crippen LogP contribution in [0.4, 0.5) is 0 Å². The van der Waals surface area contributed by atoms with Crippen molar-refractivity contribution < 1.29 is 0 Å². The Morgan fingerprint density at radius 2 is 2.00 bits per heavy atom. The summed E-state index contributed by atoms with van der Waals surface area (Å²) in [5.41, 5.74) is 0. The highest BCUT2D eigenvalue weighted by molar-refractivity contribution is 4.76. The zero-order valence-electron chi connectivity index (χ0n) is 5.40. The van der Waals surface area contributed by atoms with Gasteiger partial charge in [0.15, 0.2) is 0 Å². The third kappa shape index (κ3) is 1.36. The lowest BCUT2D eigenvalue weighted by atomic mass is 10.1. The third-order valence-corrected chi connectivity index (χ3v) is 1.97. The molecule has 0 atom stereocenters. The molecule has 1 fully saturated rings. The molecular weight excluding hydrogens is 96.1 g/mol. The van der Waals surface area contributed by atoms with Gasteiger partial charge in [0.25, 0.3) is 0 Å². The number of rotatable bonds is 2. The van der Waals surface area contributed by atoms with E-state index in [0.717, 1.165) is 5.92 Å². The van der Waals surface area contributed by atoms with Gasteiger partial charge in [-0.25, -0.2) is 0 Å². The summed E-state index contributed by atoms with van der Waals surface area (Å²) < 4.78 is 0. The summed E-state index contributed by atoms with van der Waals surface area (Å²) in [5.74, 6) is 0.993. The summed E-state index contributed by atoms with van der Waals surface area (Å²) in [7, 11) is 0. The molecule has 0 nitrogen and oxygen atoms in total. The van der Waals surface area contributed by atoms with Gasteiger partial charge >= 0.3 is 0 Å². The minimum absolute atomic E-state index is 0.993. The minimum atomic E-state index is 0.993. The van der Waals surface area contributed by atoms with Gasteiger partial charge in [-0.3, -0.25) is 0 Å². The van der Waals surface area contributed by atoms with Gasteiger partial charge in [0.05, 0.1) is 0 Å². The van der Waals surface area contributed by atoms with Gasteiger partial charge in [-0.15, -0.1) is 6.58 Å². The first-order valence-corrected chi connectivity index (χ1v) is 3.54. The molecule has 0 amide bonds. The van der Waals surface area contributed by atoms with E-state index in [9.17, 15) is 0 Å². The van der Waals surface area contributed by atoms with E-state index >= 15 is 0 Å². The second-order valence-electron chi connectivity index (χ2n) is 2.67. The number of hydrogen-bond acceptors (Lipinski definition) is 0. The van der Waals surface area contributed by atoms with E-state index < -0.39 is 0 Å². The van der Waals surface area contributed by atoms with E-state index in [1.165, 1.54) is 32.1 Å². The molecule has 0 spiro atoms. The summed E-state index contributed by atoms with van der Waals surface area (Å²) >= 11 is 0. The highest BCUT2D eigenvalue weighted by Gasteiger charge is 2.11. The van der Waals surface area contributed by atoms with E-state index in [2.05, 4.69) is 12.7 Å². The van der Waals surface area contributed by atoms with Crippen molar-refractivity contribution in [2.24, 2.45) is 5.92 Å². The van der Waals surface area contributed by atoms with Crippen LogP contribution in [0.25, 0.3) is 0 Å². The van der Waals surface area contributed by atoms with Crippen molar-refractivity contribution in [1.82, 2.24) is 0 Å². The van der Waals surface area contributed by atoms with Crippen molar-refractivity contribution in [2.45, 2.75) is 32.1 Å². The standard InChI is InChI=1S/C8H14/c1-2-5-8-6-3-4-7-8/h2,8H,1,3-7H2. The molecule has 1 aliphatic rings. The number of hydrogen-bond donors (Lipinski definition) is 0. The topological polar surface area (TPSA) is 0 Å².